The molecule has 0 radical (unpaired) electrons. The van der Waals surface area contributed by atoms with E-state index in [0.717, 1.165) is 13.0 Å². The van der Waals surface area contributed by atoms with E-state index in [0.29, 0.717) is 26.1 Å². The smallest absolute Gasteiger partial charge is 0.407 e. The molecule has 0 aromatic rings. The molecule has 7 heteroatoms. The summed E-state index contributed by atoms with van der Waals surface area (Å²) < 4.78 is 5.10. The Kier molecular flexibility index (Phi) is 8.76. The topological polar surface area (TPSA) is 82.1 Å². The molecule has 0 spiro atoms. The molecule has 7 nitrogen and oxygen atoms in total. The van der Waals surface area contributed by atoms with E-state index < -0.39 is 17.8 Å². The molecule has 0 saturated heterocycles. The maximum Gasteiger partial charge on any atom is 0.407 e. The van der Waals surface area contributed by atoms with E-state index in [2.05, 4.69) is 5.32 Å². The van der Waals surface area contributed by atoms with Gasteiger partial charge in [0.05, 0.1) is 0 Å². The number of alkyl carbamates (subject to hydrolysis) is 1. The third kappa shape index (κ3) is 12.0. The van der Waals surface area contributed by atoms with Crippen LogP contribution in [0.4, 0.5) is 9.59 Å². The molecule has 0 aliphatic heterocycles. The first-order valence-corrected chi connectivity index (χ1v) is 7.21. The van der Waals surface area contributed by atoms with Crippen molar-refractivity contribution in [3.05, 3.63) is 0 Å². The summed E-state index contributed by atoms with van der Waals surface area (Å²) in [6.07, 6.45) is -0.0465. The van der Waals surface area contributed by atoms with Crippen molar-refractivity contribution in [1.82, 2.24) is 15.1 Å². The van der Waals surface area contributed by atoms with E-state index in [-0.39, 0.29) is 0 Å². The molecule has 0 heterocycles. The Balaban J connectivity index is 3.89. The standard InChI is InChI=1S/C14H29N3O4/c1-14(2,3)21-12(18)15-8-6-10-17(13(19)20)11-7-9-16(4)5/h6-11H2,1-5H3,(H,15,18)(H,19,20). The molecule has 124 valence electrons. The van der Waals surface area contributed by atoms with E-state index in [1.54, 1.807) is 20.8 Å². The number of nitrogens with zero attached hydrogens (tertiary/aromatic N) is 2. The van der Waals surface area contributed by atoms with Crippen LogP contribution in [0.5, 0.6) is 0 Å². The van der Waals surface area contributed by atoms with Crippen LogP contribution in [0.2, 0.25) is 0 Å². The van der Waals surface area contributed by atoms with Crippen LogP contribution < -0.4 is 5.32 Å². The Hall–Kier alpha value is -1.50. The van der Waals surface area contributed by atoms with Crippen molar-refractivity contribution < 1.29 is 19.4 Å². The summed E-state index contributed by atoms with van der Waals surface area (Å²) in [6, 6.07) is 0. The zero-order valence-electron chi connectivity index (χ0n) is 13.8. The Morgan fingerprint density at radius 3 is 2.14 bits per heavy atom. The molecule has 0 saturated carbocycles. The number of rotatable bonds is 8. The quantitative estimate of drug-likeness (QED) is 0.669. The molecule has 0 atom stereocenters. The lowest BCUT2D eigenvalue weighted by molar-refractivity contribution is 0.0526. The normalized spacial score (nSPS) is 11.3. The highest BCUT2D eigenvalue weighted by Crippen LogP contribution is 2.06. The average molecular weight is 303 g/mol. The molecule has 0 unspecified atom stereocenters. The number of carbonyl (C=O) groups excluding carboxylic acids is 1. The summed E-state index contributed by atoms with van der Waals surface area (Å²) in [6.45, 7) is 7.53. The Labute approximate surface area is 127 Å². The first-order valence-electron chi connectivity index (χ1n) is 7.21. The lowest BCUT2D eigenvalue weighted by Crippen LogP contribution is -2.36. The highest BCUT2D eigenvalue weighted by molar-refractivity contribution is 5.67. The van der Waals surface area contributed by atoms with E-state index >= 15 is 0 Å². The van der Waals surface area contributed by atoms with E-state index in [1.165, 1.54) is 4.90 Å². The monoisotopic (exact) mass is 303 g/mol. The second-order valence-electron chi connectivity index (χ2n) is 6.21. The third-order valence-electron chi connectivity index (χ3n) is 2.58. The number of amides is 2. The highest BCUT2D eigenvalue weighted by atomic mass is 16.6. The number of nitrogens with one attached hydrogen (secondary N) is 1. The number of ether oxygens (including phenoxy) is 1. The lowest BCUT2D eigenvalue weighted by Gasteiger charge is -2.21. The molecule has 0 aliphatic rings. The van der Waals surface area contributed by atoms with Crippen LogP contribution in [0.25, 0.3) is 0 Å². The zero-order valence-corrected chi connectivity index (χ0v) is 13.8. The van der Waals surface area contributed by atoms with Gasteiger partial charge in [-0.25, -0.2) is 9.59 Å². The van der Waals surface area contributed by atoms with Gasteiger partial charge in [-0.3, -0.25) is 0 Å². The van der Waals surface area contributed by atoms with Crippen molar-refractivity contribution in [2.24, 2.45) is 0 Å². The maximum absolute atomic E-state index is 11.4. The molecule has 0 bridgehead atoms. The third-order valence-corrected chi connectivity index (χ3v) is 2.58. The first-order chi connectivity index (χ1) is 9.61. The van der Waals surface area contributed by atoms with Crippen molar-refractivity contribution in [2.75, 3.05) is 40.3 Å². The minimum absolute atomic E-state index is 0.395. The van der Waals surface area contributed by atoms with Crippen LogP contribution in [0.15, 0.2) is 0 Å². The van der Waals surface area contributed by atoms with Crippen LogP contribution >= 0.6 is 0 Å². The number of hydrogen-bond acceptors (Lipinski definition) is 4. The van der Waals surface area contributed by atoms with Gasteiger partial charge in [-0.05, 0) is 54.3 Å². The minimum Gasteiger partial charge on any atom is -0.465 e. The van der Waals surface area contributed by atoms with Gasteiger partial charge in [0.15, 0.2) is 0 Å². The van der Waals surface area contributed by atoms with Gasteiger partial charge in [0.25, 0.3) is 0 Å². The van der Waals surface area contributed by atoms with Gasteiger partial charge in [0.1, 0.15) is 5.60 Å². The van der Waals surface area contributed by atoms with Crippen molar-refractivity contribution in [3.8, 4) is 0 Å². The molecule has 21 heavy (non-hydrogen) atoms. The average Bonchev–Trinajstić information content (AvgIpc) is 2.29. The van der Waals surface area contributed by atoms with Crippen molar-refractivity contribution >= 4 is 12.2 Å². The van der Waals surface area contributed by atoms with Gasteiger partial charge in [0.2, 0.25) is 0 Å². The van der Waals surface area contributed by atoms with E-state index in [4.69, 9.17) is 9.84 Å². The van der Waals surface area contributed by atoms with Crippen LogP contribution in [-0.2, 0) is 4.74 Å². The van der Waals surface area contributed by atoms with Crippen molar-refractivity contribution in [1.29, 1.82) is 0 Å². The van der Waals surface area contributed by atoms with Crippen molar-refractivity contribution in [3.63, 3.8) is 0 Å². The fraction of sp³-hybridized carbons (Fsp3) is 0.857. The maximum atomic E-state index is 11.4. The fourth-order valence-electron chi connectivity index (χ4n) is 1.66. The number of carbonyl (C=O) groups is 2. The highest BCUT2D eigenvalue weighted by Gasteiger charge is 2.16. The first kappa shape index (κ1) is 19.5. The van der Waals surface area contributed by atoms with Crippen LogP contribution in [0.3, 0.4) is 0 Å². The molecule has 0 rings (SSSR count). The predicted octanol–water partition coefficient (Wildman–Crippen LogP) is 1.83. The summed E-state index contributed by atoms with van der Waals surface area (Å²) in [4.78, 5) is 25.9. The second kappa shape index (κ2) is 9.44. The van der Waals surface area contributed by atoms with Gasteiger partial charge < -0.3 is 25.0 Å². The summed E-state index contributed by atoms with van der Waals surface area (Å²) in [7, 11) is 3.91. The van der Waals surface area contributed by atoms with Gasteiger partial charge in [-0.15, -0.1) is 0 Å². The summed E-state index contributed by atoms with van der Waals surface area (Å²) in [5.74, 6) is 0. The van der Waals surface area contributed by atoms with E-state index in [1.807, 2.05) is 19.0 Å². The van der Waals surface area contributed by atoms with Crippen LogP contribution in [-0.4, -0.2) is 73.0 Å². The second-order valence-corrected chi connectivity index (χ2v) is 6.21. The lowest BCUT2D eigenvalue weighted by atomic mass is 10.2. The Morgan fingerprint density at radius 2 is 1.67 bits per heavy atom. The summed E-state index contributed by atoms with van der Waals surface area (Å²) in [5.41, 5.74) is -0.524. The van der Waals surface area contributed by atoms with Gasteiger partial charge in [-0.1, -0.05) is 0 Å². The van der Waals surface area contributed by atoms with Crippen LogP contribution in [0, 0.1) is 0 Å². The van der Waals surface area contributed by atoms with Gasteiger partial charge in [-0.2, -0.15) is 0 Å². The zero-order chi connectivity index (χ0) is 16.5. The van der Waals surface area contributed by atoms with Crippen molar-refractivity contribution in [2.45, 2.75) is 39.2 Å². The predicted molar refractivity (Wildman–Crippen MR) is 81.6 cm³/mol. The number of hydrogen-bond donors (Lipinski definition) is 2. The largest absolute Gasteiger partial charge is 0.465 e. The van der Waals surface area contributed by atoms with Gasteiger partial charge in [0, 0.05) is 19.6 Å². The van der Waals surface area contributed by atoms with Gasteiger partial charge >= 0.3 is 12.2 Å². The molecular formula is C14H29N3O4. The molecule has 2 amide bonds. The molecule has 0 aromatic heterocycles. The molecule has 2 N–H and O–H groups in total. The number of carboxylic acid groups (broad SMARTS) is 1. The van der Waals surface area contributed by atoms with Crippen LogP contribution in [0.1, 0.15) is 33.6 Å². The van der Waals surface area contributed by atoms with E-state index in [9.17, 15) is 9.59 Å². The molecule has 0 aromatic carbocycles. The molecule has 0 aliphatic carbocycles. The SMILES string of the molecule is CN(C)CCCN(CCCNC(=O)OC(C)(C)C)C(=O)O. The molecular weight excluding hydrogens is 274 g/mol. The summed E-state index contributed by atoms with van der Waals surface area (Å²) >= 11 is 0. The minimum atomic E-state index is -0.925. The summed E-state index contributed by atoms with van der Waals surface area (Å²) in [5, 5.41) is 11.7. The fourth-order valence-corrected chi connectivity index (χ4v) is 1.66. The Morgan fingerprint density at radius 1 is 1.10 bits per heavy atom. The Bertz CT molecular complexity index is 327. The molecule has 0 fully saturated rings.